The number of anilines is 1. The molecular formula is C19H11F2N3O. The number of nitriles is 1. The smallest absolute Gasteiger partial charge is 0.258 e. The number of hydrogen-bond donors (Lipinski definition) is 1. The summed E-state index contributed by atoms with van der Waals surface area (Å²) in [7, 11) is 0. The van der Waals surface area contributed by atoms with Gasteiger partial charge in [0.25, 0.3) is 5.91 Å². The van der Waals surface area contributed by atoms with Gasteiger partial charge in [-0.05, 0) is 54.6 Å². The van der Waals surface area contributed by atoms with Crippen molar-refractivity contribution < 1.29 is 13.6 Å². The standard InChI is InChI=1S/C19H11F2N3O/c20-14-4-2-13(3-5-14)18-8-6-15(11-23-18)24-19(25)16-9-12(10-22)1-7-17(16)21/h1-9,11H,(H,24,25). The summed E-state index contributed by atoms with van der Waals surface area (Å²) in [5.74, 6) is -1.73. The van der Waals surface area contributed by atoms with E-state index in [4.69, 9.17) is 5.26 Å². The van der Waals surface area contributed by atoms with Gasteiger partial charge in [-0.1, -0.05) is 0 Å². The van der Waals surface area contributed by atoms with Gasteiger partial charge in [0.15, 0.2) is 0 Å². The van der Waals surface area contributed by atoms with E-state index in [0.29, 0.717) is 11.4 Å². The Morgan fingerprint density at radius 3 is 2.44 bits per heavy atom. The second kappa shape index (κ2) is 6.89. The van der Waals surface area contributed by atoms with Crippen LogP contribution in [0.3, 0.4) is 0 Å². The third-order valence-electron chi connectivity index (χ3n) is 3.50. The second-order valence-corrected chi connectivity index (χ2v) is 5.20. The Kier molecular flexibility index (Phi) is 4.48. The van der Waals surface area contributed by atoms with Gasteiger partial charge in [0.05, 0.1) is 34.8 Å². The van der Waals surface area contributed by atoms with Crippen LogP contribution in [-0.4, -0.2) is 10.9 Å². The first-order valence-electron chi connectivity index (χ1n) is 7.30. The number of benzene rings is 2. The Balaban J connectivity index is 1.78. The molecule has 1 N–H and O–H groups in total. The molecule has 0 fully saturated rings. The van der Waals surface area contributed by atoms with Gasteiger partial charge in [-0.3, -0.25) is 9.78 Å². The van der Waals surface area contributed by atoms with Gasteiger partial charge in [-0.25, -0.2) is 8.78 Å². The molecule has 1 aromatic heterocycles. The number of pyridine rings is 1. The molecule has 1 amide bonds. The summed E-state index contributed by atoms with van der Waals surface area (Å²) in [6, 6.07) is 14.5. The maximum absolute atomic E-state index is 13.8. The van der Waals surface area contributed by atoms with Crippen molar-refractivity contribution in [1.29, 1.82) is 5.26 Å². The van der Waals surface area contributed by atoms with Crippen molar-refractivity contribution in [3.63, 3.8) is 0 Å². The van der Waals surface area contributed by atoms with Gasteiger partial charge in [0.2, 0.25) is 0 Å². The number of aromatic nitrogens is 1. The molecule has 0 aliphatic heterocycles. The van der Waals surface area contributed by atoms with Crippen LogP contribution in [0.2, 0.25) is 0 Å². The van der Waals surface area contributed by atoms with Gasteiger partial charge in [-0.2, -0.15) is 5.26 Å². The summed E-state index contributed by atoms with van der Waals surface area (Å²) in [5, 5.41) is 11.4. The van der Waals surface area contributed by atoms with E-state index in [1.54, 1.807) is 24.3 Å². The molecule has 1 heterocycles. The van der Waals surface area contributed by atoms with Gasteiger partial charge in [0.1, 0.15) is 11.6 Å². The number of rotatable bonds is 3. The quantitative estimate of drug-likeness (QED) is 0.782. The number of hydrogen-bond acceptors (Lipinski definition) is 3. The number of carbonyl (C=O) groups excluding carboxylic acids is 1. The fraction of sp³-hybridized carbons (Fsp3) is 0. The molecule has 4 nitrogen and oxygen atoms in total. The Bertz CT molecular complexity index is 961. The van der Waals surface area contributed by atoms with Gasteiger partial charge >= 0.3 is 0 Å². The lowest BCUT2D eigenvalue weighted by molar-refractivity contribution is 0.102. The zero-order chi connectivity index (χ0) is 17.8. The molecule has 0 atom stereocenters. The average molecular weight is 335 g/mol. The minimum Gasteiger partial charge on any atom is -0.320 e. The van der Waals surface area contributed by atoms with Crippen molar-refractivity contribution in [1.82, 2.24) is 4.98 Å². The van der Waals surface area contributed by atoms with Crippen LogP contribution >= 0.6 is 0 Å². The van der Waals surface area contributed by atoms with E-state index < -0.39 is 11.7 Å². The molecule has 0 unspecified atom stereocenters. The Morgan fingerprint density at radius 2 is 1.80 bits per heavy atom. The molecule has 6 heteroatoms. The fourth-order valence-corrected chi connectivity index (χ4v) is 2.23. The molecule has 0 spiro atoms. The molecular weight excluding hydrogens is 324 g/mol. The third-order valence-corrected chi connectivity index (χ3v) is 3.50. The summed E-state index contributed by atoms with van der Waals surface area (Å²) in [5.41, 5.74) is 1.68. The number of nitrogens with one attached hydrogen (secondary N) is 1. The summed E-state index contributed by atoms with van der Waals surface area (Å²) in [6.07, 6.45) is 1.42. The molecule has 2 aromatic carbocycles. The SMILES string of the molecule is N#Cc1ccc(F)c(C(=O)Nc2ccc(-c3ccc(F)cc3)nc2)c1. The highest BCUT2D eigenvalue weighted by Crippen LogP contribution is 2.19. The van der Waals surface area contributed by atoms with Crippen molar-refractivity contribution in [2.75, 3.05) is 5.32 Å². The lowest BCUT2D eigenvalue weighted by Gasteiger charge is -2.07. The molecule has 0 saturated heterocycles. The lowest BCUT2D eigenvalue weighted by Crippen LogP contribution is -2.14. The Labute approximate surface area is 142 Å². The first-order chi connectivity index (χ1) is 12.1. The maximum Gasteiger partial charge on any atom is 0.258 e. The van der Waals surface area contributed by atoms with Crippen molar-refractivity contribution in [3.05, 3.63) is 83.6 Å². The van der Waals surface area contributed by atoms with Crippen LogP contribution in [0.1, 0.15) is 15.9 Å². The average Bonchev–Trinajstić information content (AvgIpc) is 2.63. The van der Waals surface area contributed by atoms with Gasteiger partial charge in [0, 0.05) is 5.56 Å². The van der Waals surface area contributed by atoms with Crippen molar-refractivity contribution in [2.24, 2.45) is 0 Å². The van der Waals surface area contributed by atoms with E-state index in [9.17, 15) is 13.6 Å². The third kappa shape index (κ3) is 3.67. The monoisotopic (exact) mass is 335 g/mol. The molecule has 0 saturated carbocycles. The first-order valence-corrected chi connectivity index (χ1v) is 7.30. The Hall–Kier alpha value is -3.59. The van der Waals surface area contributed by atoms with E-state index in [0.717, 1.165) is 11.6 Å². The van der Waals surface area contributed by atoms with Crippen LogP contribution in [0, 0.1) is 23.0 Å². The normalized spacial score (nSPS) is 10.1. The second-order valence-electron chi connectivity index (χ2n) is 5.20. The molecule has 122 valence electrons. The van der Waals surface area contributed by atoms with E-state index >= 15 is 0 Å². The summed E-state index contributed by atoms with van der Waals surface area (Å²) in [6.45, 7) is 0. The van der Waals surface area contributed by atoms with Crippen molar-refractivity contribution in [2.45, 2.75) is 0 Å². The summed E-state index contributed by atoms with van der Waals surface area (Å²) < 4.78 is 26.7. The predicted molar refractivity (Wildman–Crippen MR) is 88.7 cm³/mol. The minimum atomic E-state index is -0.715. The van der Waals surface area contributed by atoms with Gasteiger partial charge < -0.3 is 5.32 Å². The highest BCUT2D eigenvalue weighted by molar-refractivity contribution is 6.04. The maximum atomic E-state index is 13.8. The highest BCUT2D eigenvalue weighted by atomic mass is 19.1. The fourth-order valence-electron chi connectivity index (χ4n) is 2.23. The lowest BCUT2D eigenvalue weighted by atomic mass is 10.1. The number of nitrogens with zero attached hydrogens (tertiary/aromatic N) is 2. The summed E-state index contributed by atoms with van der Waals surface area (Å²) >= 11 is 0. The van der Waals surface area contributed by atoms with Crippen LogP contribution in [0.4, 0.5) is 14.5 Å². The van der Waals surface area contributed by atoms with Crippen LogP contribution in [0.25, 0.3) is 11.3 Å². The van der Waals surface area contributed by atoms with E-state index in [-0.39, 0.29) is 16.9 Å². The Morgan fingerprint density at radius 1 is 1.04 bits per heavy atom. The largest absolute Gasteiger partial charge is 0.320 e. The zero-order valence-corrected chi connectivity index (χ0v) is 12.8. The summed E-state index contributed by atoms with van der Waals surface area (Å²) in [4.78, 5) is 16.4. The van der Waals surface area contributed by atoms with Crippen LogP contribution in [-0.2, 0) is 0 Å². The zero-order valence-electron chi connectivity index (χ0n) is 12.8. The van der Waals surface area contributed by atoms with Gasteiger partial charge in [-0.15, -0.1) is 0 Å². The number of carbonyl (C=O) groups is 1. The van der Waals surface area contributed by atoms with Crippen LogP contribution in [0.5, 0.6) is 0 Å². The highest BCUT2D eigenvalue weighted by Gasteiger charge is 2.13. The van der Waals surface area contributed by atoms with Crippen molar-refractivity contribution >= 4 is 11.6 Å². The molecule has 0 aliphatic rings. The number of amides is 1. The first kappa shape index (κ1) is 16.3. The predicted octanol–water partition coefficient (Wildman–Crippen LogP) is 4.15. The van der Waals surface area contributed by atoms with Crippen molar-refractivity contribution in [3.8, 4) is 17.3 Å². The minimum absolute atomic E-state index is 0.191. The van der Waals surface area contributed by atoms with Crippen LogP contribution in [0.15, 0.2) is 60.8 Å². The van der Waals surface area contributed by atoms with E-state index in [1.807, 2.05) is 6.07 Å². The molecule has 25 heavy (non-hydrogen) atoms. The molecule has 3 aromatic rings. The van der Waals surface area contributed by atoms with E-state index in [2.05, 4.69) is 10.3 Å². The number of halogens is 2. The molecule has 0 radical (unpaired) electrons. The molecule has 0 aliphatic carbocycles. The van der Waals surface area contributed by atoms with E-state index in [1.165, 1.54) is 30.5 Å². The van der Waals surface area contributed by atoms with Crippen LogP contribution < -0.4 is 5.32 Å². The molecule has 0 bridgehead atoms. The topological polar surface area (TPSA) is 65.8 Å². The molecule has 3 rings (SSSR count).